The first-order valence-electron chi connectivity index (χ1n) is 5.94. The number of benzene rings is 1. The molecule has 0 aliphatic carbocycles. The number of ether oxygens (including phenoxy) is 1. The summed E-state index contributed by atoms with van der Waals surface area (Å²) in [5.41, 5.74) is 0.803. The van der Waals surface area contributed by atoms with Crippen LogP contribution in [0.1, 0.15) is 25.8 Å². The van der Waals surface area contributed by atoms with Crippen molar-refractivity contribution in [2.45, 2.75) is 32.9 Å². The van der Waals surface area contributed by atoms with E-state index < -0.39 is 6.10 Å². The van der Waals surface area contributed by atoms with E-state index in [1.54, 1.807) is 13.0 Å². The summed E-state index contributed by atoms with van der Waals surface area (Å²) in [5, 5.41) is 12.3. The second-order valence-electron chi connectivity index (χ2n) is 3.99. The van der Waals surface area contributed by atoms with Gasteiger partial charge in [0.15, 0.2) is 11.6 Å². The molecule has 1 atom stereocenters. The van der Waals surface area contributed by atoms with Crippen molar-refractivity contribution >= 4 is 0 Å². The first-order valence-corrected chi connectivity index (χ1v) is 5.94. The topological polar surface area (TPSA) is 41.5 Å². The predicted octanol–water partition coefficient (Wildman–Crippen LogP) is 2.08. The number of hydrogen-bond donors (Lipinski definition) is 2. The van der Waals surface area contributed by atoms with Crippen LogP contribution >= 0.6 is 0 Å². The molecule has 1 rings (SSSR count). The number of para-hydroxylation sites is 1. The Hall–Kier alpha value is -1.13. The number of hydrogen-bond acceptors (Lipinski definition) is 3. The Morgan fingerprint density at radius 3 is 2.88 bits per heavy atom. The van der Waals surface area contributed by atoms with Crippen LogP contribution in [-0.2, 0) is 6.54 Å². The zero-order valence-electron chi connectivity index (χ0n) is 10.4. The lowest BCUT2D eigenvalue weighted by Crippen LogP contribution is -2.14. The molecule has 0 aliphatic rings. The second-order valence-corrected chi connectivity index (χ2v) is 3.99. The monoisotopic (exact) mass is 241 g/mol. The highest BCUT2D eigenvalue weighted by Crippen LogP contribution is 2.22. The van der Waals surface area contributed by atoms with Gasteiger partial charge in [0.05, 0.1) is 12.7 Å². The van der Waals surface area contributed by atoms with E-state index in [-0.39, 0.29) is 11.6 Å². The molecule has 0 aliphatic heterocycles. The molecule has 0 bridgehead atoms. The SMILES string of the molecule is CCNCc1cccc(F)c1OCCC(C)O. The number of nitrogens with one attached hydrogen (secondary N) is 1. The van der Waals surface area contributed by atoms with Crippen LogP contribution in [0.15, 0.2) is 18.2 Å². The van der Waals surface area contributed by atoms with Crippen LogP contribution in [0.3, 0.4) is 0 Å². The first kappa shape index (κ1) is 13.9. The van der Waals surface area contributed by atoms with Crippen molar-refractivity contribution in [3.8, 4) is 5.75 Å². The molecular weight excluding hydrogens is 221 g/mol. The Morgan fingerprint density at radius 2 is 2.24 bits per heavy atom. The molecule has 0 amide bonds. The molecule has 1 aromatic rings. The molecule has 0 aromatic heterocycles. The third-order valence-corrected chi connectivity index (χ3v) is 2.40. The van der Waals surface area contributed by atoms with E-state index in [9.17, 15) is 4.39 Å². The largest absolute Gasteiger partial charge is 0.490 e. The molecule has 17 heavy (non-hydrogen) atoms. The van der Waals surface area contributed by atoms with Crippen LogP contribution in [0.25, 0.3) is 0 Å². The normalized spacial score (nSPS) is 12.5. The zero-order chi connectivity index (χ0) is 12.7. The number of aliphatic hydroxyl groups is 1. The van der Waals surface area contributed by atoms with Gasteiger partial charge in [0.25, 0.3) is 0 Å². The molecule has 2 N–H and O–H groups in total. The molecule has 3 nitrogen and oxygen atoms in total. The van der Waals surface area contributed by atoms with Gasteiger partial charge in [-0.2, -0.15) is 0 Å². The lowest BCUT2D eigenvalue weighted by atomic mass is 10.2. The van der Waals surface area contributed by atoms with Gasteiger partial charge in [-0.15, -0.1) is 0 Å². The average Bonchev–Trinajstić information content (AvgIpc) is 2.29. The minimum Gasteiger partial charge on any atom is -0.490 e. The van der Waals surface area contributed by atoms with E-state index in [4.69, 9.17) is 9.84 Å². The van der Waals surface area contributed by atoms with Gasteiger partial charge in [0, 0.05) is 18.5 Å². The molecule has 4 heteroatoms. The fraction of sp³-hybridized carbons (Fsp3) is 0.538. The number of rotatable bonds is 7. The van der Waals surface area contributed by atoms with Gasteiger partial charge >= 0.3 is 0 Å². The Morgan fingerprint density at radius 1 is 1.47 bits per heavy atom. The molecular formula is C13H20FNO2. The van der Waals surface area contributed by atoms with Gasteiger partial charge in [-0.05, 0) is 19.5 Å². The van der Waals surface area contributed by atoms with E-state index >= 15 is 0 Å². The quantitative estimate of drug-likeness (QED) is 0.768. The number of aliphatic hydroxyl groups excluding tert-OH is 1. The standard InChI is InChI=1S/C13H20FNO2/c1-3-15-9-11-5-4-6-12(14)13(11)17-8-7-10(2)16/h4-6,10,15-16H,3,7-9H2,1-2H3. The van der Waals surface area contributed by atoms with Gasteiger partial charge < -0.3 is 15.2 Å². The van der Waals surface area contributed by atoms with Crippen molar-refractivity contribution < 1.29 is 14.2 Å². The summed E-state index contributed by atoms with van der Waals surface area (Å²) < 4.78 is 19.0. The Balaban J connectivity index is 2.66. The van der Waals surface area contributed by atoms with Gasteiger partial charge in [0.1, 0.15) is 0 Å². The minimum atomic E-state index is -0.431. The summed E-state index contributed by atoms with van der Waals surface area (Å²) >= 11 is 0. The average molecular weight is 241 g/mol. The van der Waals surface area contributed by atoms with E-state index in [1.807, 2.05) is 13.0 Å². The van der Waals surface area contributed by atoms with Crippen molar-refractivity contribution in [2.24, 2.45) is 0 Å². The minimum absolute atomic E-state index is 0.286. The summed E-state index contributed by atoms with van der Waals surface area (Å²) in [7, 11) is 0. The summed E-state index contributed by atoms with van der Waals surface area (Å²) in [6.45, 7) is 5.40. The van der Waals surface area contributed by atoms with Crippen LogP contribution in [0.4, 0.5) is 4.39 Å². The zero-order valence-corrected chi connectivity index (χ0v) is 10.4. The molecule has 1 aromatic carbocycles. The van der Waals surface area contributed by atoms with Gasteiger partial charge in [0.2, 0.25) is 0 Å². The summed E-state index contributed by atoms with van der Waals surface area (Å²) in [6.07, 6.45) is 0.0635. The van der Waals surface area contributed by atoms with Gasteiger partial charge in [-0.1, -0.05) is 19.1 Å². The lowest BCUT2D eigenvalue weighted by Gasteiger charge is -2.13. The van der Waals surface area contributed by atoms with E-state index in [1.165, 1.54) is 6.07 Å². The maximum atomic E-state index is 13.6. The van der Waals surface area contributed by atoms with E-state index in [0.717, 1.165) is 12.1 Å². The van der Waals surface area contributed by atoms with Crippen LogP contribution in [-0.4, -0.2) is 24.4 Å². The molecule has 0 radical (unpaired) electrons. The van der Waals surface area contributed by atoms with E-state index in [2.05, 4.69) is 5.32 Å². The van der Waals surface area contributed by atoms with Crippen LogP contribution in [0, 0.1) is 5.82 Å². The summed E-state index contributed by atoms with van der Waals surface area (Å²) in [4.78, 5) is 0. The van der Waals surface area contributed by atoms with Gasteiger partial charge in [-0.3, -0.25) is 0 Å². The maximum Gasteiger partial charge on any atom is 0.165 e. The Labute approximate surface area is 102 Å². The molecule has 96 valence electrons. The van der Waals surface area contributed by atoms with Crippen LogP contribution < -0.4 is 10.1 Å². The smallest absolute Gasteiger partial charge is 0.165 e. The summed E-state index contributed by atoms with van der Waals surface area (Å²) in [6, 6.07) is 4.89. The second kappa shape index (κ2) is 7.25. The lowest BCUT2D eigenvalue weighted by molar-refractivity contribution is 0.153. The third kappa shape index (κ3) is 4.71. The van der Waals surface area contributed by atoms with Crippen molar-refractivity contribution in [1.29, 1.82) is 0 Å². The fourth-order valence-corrected chi connectivity index (χ4v) is 1.45. The van der Waals surface area contributed by atoms with Crippen LogP contribution in [0.5, 0.6) is 5.75 Å². The van der Waals surface area contributed by atoms with Gasteiger partial charge in [-0.25, -0.2) is 4.39 Å². The van der Waals surface area contributed by atoms with Crippen molar-refractivity contribution in [3.05, 3.63) is 29.6 Å². The number of halogens is 1. The fourth-order valence-electron chi connectivity index (χ4n) is 1.45. The summed E-state index contributed by atoms with van der Waals surface area (Å²) in [5.74, 6) is -0.0694. The maximum absolute atomic E-state index is 13.6. The first-order chi connectivity index (χ1) is 8.15. The highest BCUT2D eigenvalue weighted by molar-refractivity contribution is 5.34. The van der Waals surface area contributed by atoms with Crippen molar-refractivity contribution in [2.75, 3.05) is 13.2 Å². The van der Waals surface area contributed by atoms with Crippen molar-refractivity contribution in [3.63, 3.8) is 0 Å². The Kier molecular flexibility index (Phi) is 5.94. The third-order valence-electron chi connectivity index (χ3n) is 2.40. The molecule has 0 spiro atoms. The predicted molar refractivity (Wildman–Crippen MR) is 65.6 cm³/mol. The molecule has 0 heterocycles. The highest BCUT2D eigenvalue weighted by atomic mass is 19.1. The molecule has 1 unspecified atom stereocenters. The molecule has 0 saturated carbocycles. The Bertz CT molecular complexity index is 342. The van der Waals surface area contributed by atoms with Crippen LogP contribution in [0.2, 0.25) is 0 Å². The van der Waals surface area contributed by atoms with Crippen molar-refractivity contribution in [1.82, 2.24) is 5.32 Å². The highest BCUT2D eigenvalue weighted by Gasteiger charge is 2.09. The molecule has 0 fully saturated rings. The molecule has 0 saturated heterocycles. The van der Waals surface area contributed by atoms with E-state index in [0.29, 0.717) is 19.6 Å².